The Morgan fingerprint density at radius 1 is 1.05 bits per heavy atom. The van der Waals surface area contributed by atoms with Gasteiger partial charge in [-0.3, -0.25) is 4.79 Å². The predicted octanol–water partition coefficient (Wildman–Crippen LogP) is 3.38. The lowest BCUT2D eigenvalue weighted by Gasteiger charge is -2.18. The van der Waals surface area contributed by atoms with Gasteiger partial charge in [0.05, 0.1) is 5.54 Å². The molecule has 0 aromatic heterocycles. The van der Waals surface area contributed by atoms with E-state index < -0.39 is 17.2 Å². The Hall–Kier alpha value is -2.23. The van der Waals surface area contributed by atoms with Crippen molar-refractivity contribution in [1.82, 2.24) is 5.32 Å². The molecule has 0 aliphatic heterocycles. The predicted molar refractivity (Wildman–Crippen MR) is 71.2 cm³/mol. The number of amides is 1. The largest absolute Gasteiger partial charge is 0.342 e. The Bertz CT molecular complexity index is 651. The maximum atomic E-state index is 13.8. The fourth-order valence-electron chi connectivity index (χ4n) is 2.34. The number of carbonyl (C=O) groups excluding carboxylic acids is 1. The number of hydrogen-bond donors (Lipinski definition) is 1. The van der Waals surface area contributed by atoms with Crippen LogP contribution >= 0.6 is 0 Å². The van der Waals surface area contributed by atoms with Crippen LogP contribution in [0.1, 0.15) is 28.8 Å². The SMILES string of the molecule is O=C(NC1(c2ccc(F)cc2F)CC1)c1ccccc1. The molecule has 1 N–H and O–H groups in total. The fraction of sp³-hybridized carbons (Fsp3) is 0.188. The highest BCUT2D eigenvalue weighted by molar-refractivity contribution is 5.95. The molecule has 2 aromatic rings. The lowest BCUT2D eigenvalue weighted by molar-refractivity contribution is 0.0930. The quantitative estimate of drug-likeness (QED) is 0.912. The van der Waals surface area contributed by atoms with Crippen LogP contribution in [0.3, 0.4) is 0 Å². The summed E-state index contributed by atoms with van der Waals surface area (Å²) < 4.78 is 26.8. The van der Waals surface area contributed by atoms with Gasteiger partial charge in [-0.15, -0.1) is 0 Å². The molecule has 0 bridgehead atoms. The third-order valence-electron chi connectivity index (χ3n) is 3.59. The van der Waals surface area contributed by atoms with Crippen molar-refractivity contribution in [3.05, 3.63) is 71.3 Å². The summed E-state index contributed by atoms with van der Waals surface area (Å²) >= 11 is 0. The van der Waals surface area contributed by atoms with Gasteiger partial charge in [-0.2, -0.15) is 0 Å². The van der Waals surface area contributed by atoms with E-state index >= 15 is 0 Å². The molecule has 1 aliphatic carbocycles. The molecule has 1 aliphatic rings. The summed E-state index contributed by atoms with van der Waals surface area (Å²) in [7, 11) is 0. The maximum Gasteiger partial charge on any atom is 0.251 e. The highest BCUT2D eigenvalue weighted by Gasteiger charge is 2.47. The summed E-state index contributed by atoms with van der Waals surface area (Å²) in [5.74, 6) is -1.47. The first kappa shape index (κ1) is 12.8. The van der Waals surface area contributed by atoms with Gasteiger partial charge in [-0.25, -0.2) is 8.78 Å². The lowest BCUT2D eigenvalue weighted by Crippen LogP contribution is -2.35. The molecule has 0 spiro atoms. The number of nitrogens with one attached hydrogen (secondary N) is 1. The van der Waals surface area contributed by atoms with Gasteiger partial charge in [0.1, 0.15) is 11.6 Å². The molecule has 0 unspecified atom stereocenters. The van der Waals surface area contributed by atoms with E-state index in [0.29, 0.717) is 24.0 Å². The number of carbonyl (C=O) groups is 1. The Morgan fingerprint density at radius 3 is 2.35 bits per heavy atom. The second-order valence-corrected chi connectivity index (χ2v) is 5.03. The van der Waals surface area contributed by atoms with Crippen molar-refractivity contribution in [2.45, 2.75) is 18.4 Å². The summed E-state index contributed by atoms with van der Waals surface area (Å²) in [4.78, 5) is 12.1. The van der Waals surface area contributed by atoms with E-state index in [2.05, 4.69) is 5.32 Å². The van der Waals surface area contributed by atoms with E-state index in [4.69, 9.17) is 0 Å². The van der Waals surface area contributed by atoms with E-state index in [-0.39, 0.29) is 5.91 Å². The van der Waals surface area contributed by atoms with Crippen LogP contribution in [0.25, 0.3) is 0 Å². The molecule has 0 heterocycles. The fourth-order valence-corrected chi connectivity index (χ4v) is 2.34. The van der Waals surface area contributed by atoms with Crippen molar-refractivity contribution < 1.29 is 13.6 Å². The van der Waals surface area contributed by atoms with Crippen LogP contribution in [-0.2, 0) is 5.54 Å². The Balaban J connectivity index is 1.85. The van der Waals surface area contributed by atoms with E-state index in [0.717, 1.165) is 6.07 Å². The normalized spacial score (nSPS) is 15.7. The number of benzene rings is 2. The van der Waals surface area contributed by atoms with Crippen molar-refractivity contribution in [2.75, 3.05) is 0 Å². The third kappa shape index (κ3) is 2.29. The minimum absolute atomic E-state index is 0.244. The first-order valence-electron chi connectivity index (χ1n) is 6.44. The van der Waals surface area contributed by atoms with Crippen LogP contribution in [0, 0.1) is 11.6 Å². The molecule has 0 saturated heterocycles. The molecule has 1 fully saturated rings. The molecular formula is C16H13F2NO. The second kappa shape index (κ2) is 4.71. The van der Waals surface area contributed by atoms with Gasteiger partial charge < -0.3 is 5.32 Å². The molecule has 4 heteroatoms. The molecule has 2 nitrogen and oxygen atoms in total. The standard InChI is InChI=1S/C16H13F2NO/c17-12-6-7-13(14(18)10-12)16(8-9-16)19-15(20)11-4-2-1-3-5-11/h1-7,10H,8-9H2,(H,19,20). The van der Waals surface area contributed by atoms with E-state index in [1.165, 1.54) is 12.1 Å². The third-order valence-corrected chi connectivity index (χ3v) is 3.59. The Kier molecular flexibility index (Phi) is 3.01. The van der Waals surface area contributed by atoms with Crippen molar-refractivity contribution in [3.63, 3.8) is 0 Å². The van der Waals surface area contributed by atoms with Gasteiger partial charge in [-0.1, -0.05) is 24.3 Å². The Labute approximate surface area is 115 Å². The molecule has 20 heavy (non-hydrogen) atoms. The van der Waals surface area contributed by atoms with Crippen molar-refractivity contribution in [3.8, 4) is 0 Å². The van der Waals surface area contributed by atoms with Gasteiger partial charge in [0, 0.05) is 17.2 Å². The number of rotatable bonds is 3. The lowest BCUT2D eigenvalue weighted by atomic mass is 10.0. The topological polar surface area (TPSA) is 29.1 Å². The van der Waals surface area contributed by atoms with Crippen molar-refractivity contribution >= 4 is 5.91 Å². The number of halogens is 2. The smallest absolute Gasteiger partial charge is 0.251 e. The van der Waals surface area contributed by atoms with Crippen molar-refractivity contribution in [2.24, 2.45) is 0 Å². The van der Waals surface area contributed by atoms with Gasteiger partial charge in [-0.05, 0) is 31.0 Å². The van der Waals surface area contributed by atoms with Crippen molar-refractivity contribution in [1.29, 1.82) is 0 Å². The van der Waals surface area contributed by atoms with Gasteiger partial charge in [0.25, 0.3) is 5.91 Å². The summed E-state index contributed by atoms with van der Waals surface area (Å²) in [6, 6.07) is 12.2. The van der Waals surface area contributed by atoms with Crippen LogP contribution in [0.15, 0.2) is 48.5 Å². The van der Waals surface area contributed by atoms with Crippen LogP contribution in [0.5, 0.6) is 0 Å². The highest BCUT2D eigenvalue weighted by Crippen LogP contribution is 2.46. The molecule has 3 rings (SSSR count). The van der Waals surface area contributed by atoms with Crippen LogP contribution in [0.2, 0.25) is 0 Å². The summed E-state index contributed by atoms with van der Waals surface area (Å²) in [6.45, 7) is 0. The summed E-state index contributed by atoms with van der Waals surface area (Å²) in [6.07, 6.45) is 1.32. The second-order valence-electron chi connectivity index (χ2n) is 5.03. The minimum atomic E-state index is -0.690. The average molecular weight is 273 g/mol. The first-order valence-corrected chi connectivity index (χ1v) is 6.44. The van der Waals surface area contributed by atoms with Crippen LogP contribution in [0.4, 0.5) is 8.78 Å². The zero-order valence-electron chi connectivity index (χ0n) is 10.7. The molecule has 0 atom stereocenters. The van der Waals surface area contributed by atoms with Crippen LogP contribution < -0.4 is 5.32 Å². The maximum absolute atomic E-state index is 13.8. The monoisotopic (exact) mass is 273 g/mol. The molecular weight excluding hydrogens is 260 g/mol. The first-order chi connectivity index (χ1) is 9.61. The molecule has 0 radical (unpaired) electrons. The molecule has 102 valence electrons. The summed E-state index contributed by atoms with van der Waals surface area (Å²) in [5.41, 5.74) is 0.189. The zero-order chi connectivity index (χ0) is 14.2. The van der Waals surface area contributed by atoms with E-state index in [9.17, 15) is 13.6 Å². The molecule has 2 aromatic carbocycles. The van der Waals surface area contributed by atoms with E-state index in [1.807, 2.05) is 6.07 Å². The van der Waals surface area contributed by atoms with Gasteiger partial charge in [0.2, 0.25) is 0 Å². The van der Waals surface area contributed by atoms with Gasteiger partial charge >= 0.3 is 0 Å². The average Bonchev–Trinajstić information content (AvgIpc) is 3.20. The summed E-state index contributed by atoms with van der Waals surface area (Å²) in [5, 5.41) is 2.86. The molecule has 1 amide bonds. The Morgan fingerprint density at radius 2 is 1.75 bits per heavy atom. The van der Waals surface area contributed by atoms with E-state index in [1.54, 1.807) is 24.3 Å². The molecule has 1 saturated carbocycles. The highest BCUT2D eigenvalue weighted by atomic mass is 19.1. The van der Waals surface area contributed by atoms with Crippen LogP contribution in [-0.4, -0.2) is 5.91 Å². The zero-order valence-corrected chi connectivity index (χ0v) is 10.7. The number of hydrogen-bond acceptors (Lipinski definition) is 1. The minimum Gasteiger partial charge on any atom is -0.342 e. The van der Waals surface area contributed by atoms with Gasteiger partial charge in [0.15, 0.2) is 0 Å².